The van der Waals surface area contributed by atoms with Gasteiger partial charge < -0.3 is 0 Å². The van der Waals surface area contributed by atoms with E-state index in [4.69, 9.17) is 0 Å². The SMILES string of the molecule is BrCCC1CCN(Cc2cccnc2)C1. The molecule has 15 heavy (non-hydrogen) atoms. The molecule has 1 atom stereocenters. The molecule has 3 heteroatoms. The van der Waals surface area contributed by atoms with Gasteiger partial charge in [0.1, 0.15) is 0 Å². The highest BCUT2D eigenvalue weighted by atomic mass is 79.9. The van der Waals surface area contributed by atoms with E-state index in [2.05, 4.69) is 31.9 Å². The van der Waals surface area contributed by atoms with Crippen LogP contribution >= 0.6 is 15.9 Å². The summed E-state index contributed by atoms with van der Waals surface area (Å²) < 4.78 is 0. The van der Waals surface area contributed by atoms with Crippen LogP contribution in [0.3, 0.4) is 0 Å². The van der Waals surface area contributed by atoms with E-state index in [1.165, 1.54) is 31.5 Å². The summed E-state index contributed by atoms with van der Waals surface area (Å²) in [5, 5.41) is 1.14. The molecule has 0 radical (unpaired) electrons. The van der Waals surface area contributed by atoms with Crippen LogP contribution in [-0.2, 0) is 6.54 Å². The average Bonchev–Trinajstić information content (AvgIpc) is 2.68. The van der Waals surface area contributed by atoms with Crippen LogP contribution in [0, 0.1) is 5.92 Å². The Morgan fingerprint density at radius 3 is 3.20 bits per heavy atom. The van der Waals surface area contributed by atoms with Crippen molar-refractivity contribution >= 4 is 15.9 Å². The van der Waals surface area contributed by atoms with Gasteiger partial charge in [0.2, 0.25) is 0 Å². The Morgan fingerprint density at radius 2 is 2.47 bits per heavy atom. The van der Waals surface area contributed by atoms with Crippen molar-refractivity contribution in [3.05, 3.63) is 30.1 Å². The van der Waals surface area contributed by atoms with Gasteiger partial charge in [-0.25, -0.2) is 0 Å². The summed E-state index contributed by atoms with van der Waals surface area (Å²) in [4.78, 5) is 6.68. The van der Waals surface area contributed by atoms with E-state index in [-0.39, 0.29) is 0 Å². The smallest absolute Gasteiger partial charge is 0.0312 e. The maximum absolute atomic E-state index is 4.15. The molecule has 0 saturated carbocycles. The van der Waals surface area contributed by atoms with Gasteiger partial charge in [-0.1, -0.05) is 22.0 Å². The molecule has 1 aromatic heterocycles. The number of alkyl halides is 1. The highest BCUT2D eigenvalue weighted by molar-refractivity contribution is 9.09. The van der Waals surface area contributed by atoms with Crippen LogP contribution in [0.15, 0.2) is 24.5 Å². The highest BCUT2D eigenvalue weighted by Gasteiger charge is 2.21. The molecule has 1 saturated heterocycles. The standard InChI is InChI=1S/C12H17BrN2/c13-5-3-11-4-7-15(9-11)10-12-2-1-6-14-8-12/h1-2,6,8,11H,3-5,7,9-10H2. The maximum Gasteiger partial charge on any atom is 0.0312 e. The number of likely N-dealkylation sites (tertiary alicyclic amines) is 1. The van der Waals surface area contributed by atoms with Gasteiger partial charge in [-0.2, -0.15) is 0 Å². The van der Waals surface area contributed by atoms with Crippen molar-refractivity contribution in [2.75, 3.05) is 18.4 Å². The third-order valence-electron chi connectivity index (χ3n) is 3.02. The van der Waals surface area contributed by atoms with Crippen molar-refractivity contribution in [1.82, 2.24) is 9.88 Å². The topological polar surface area (TPSA) is 16.1 Å². The molecule has 0 aliphatic carbocycles. The molecule has 1 aliphatic rings. The Hall–Kier alpha value is -0.410. The molecule has 2 nitrogen and oxygen atoms in total. The minimum atomic E-state index is 0.890. The quantitative estimate of drug-likeness (QED) is 0.781. The zero-order chi connectivity index (χ0) is 10.5. The van der Waals surface area contributed by atoms with Crippen molar-refractivity contribution in [1.29, 1.82) is 0 Å². The molecule has 82 valence electrons. The molecule has 0 N–H and O–H groups in total. The van der Waals surface area contributed by atoms with Crippen molar-refractivity contribution in [3.63, 3.8) is 0 Å². The molecule has 0 amide bonds. The summed E-state index contributed by atoms with van der Waals surface area (Å²) in [6.07, 6.45) is 6.47. The normalized spacial score (nSPS) is 22.1. The summed E-state index contributed by atoms with van der Waals surface area (Å²) in [6.45, 7) is 3.56. The van der Waals surface area contributed by atoms with Crippen molar-refractivity contribution in [2.24, 2.45) is 5.92 Å². The fourth-order valence-electron chi connectivity index (χ4n) is 2.20. The van der Waals surface area contributed by atoms with Gasteiger partial charge in [0, 0.05) is 30.8 Å². The molecule has 2 heterocycles. The molecule has 1 aromatic rings. The summed E-state index contributed by atoms with van der Waals surface area (Å²) in [5.41, 5.74) is 1.33. The van der Waals surface area contributed by atoms with Crippen molar-refractivity contribution in [3.8, 4) is 0 Å². The largest absolute Gasteiger partial charge is 0.299 e. The third kappa shape index (κ3) is 3.28. The lowest BCUT2D eigenvalue weighted by molar-refractivity contribution is 0.315. The second-order valence-corrected chi connectivity index (χ2v) is 5.02. The van der Waals surface area contributed by atoms with Crippen LogP contribution in [0.4, 0.5) is 0 Å². The lowest BCUT2D eigenvalue weighted by Crippen LogP contribution is -2.20. The van der Waals surface area contributed by atoms with Gasteiger partial charge in [-0.3, -0.25) is 9.88 Å². The van der Waals surface area contributed by atoms with E-state index in [0.29, 0.717) is 0 Å². The third-order valence-corrected chi connectivity index (χ3v) is 3.47. The number of pyridine rings is 1. The van der Waals surface area contributed by atoms with E-state index < -0.39 is 0 Å². The number of hydrogen-bond acceptors (Lipinski definition) is 2. The highest BCUT2D eigenvalue weighted by Crippen LogP contribution is 2.21. The van der Waals surface area contributed by atoms with Crippen LogP contribution in [0.25, 0.3) is 0 Å². The molecule has 0 spiro atoms. The number of halogens is 1. The predicted octanol–water partition coefficient (Wildman–Crippen LogP) is 2.69. The van der Waals surface area contributed by atoms with Crippen LogP contribution in [0.1, 0.15) is 18.4 Å². The lowest BCUT2D eigenvalue weighted by atomic mass is 10.1. The lowest BCUT2D eigenvalue weighted by Gasteiger charge is -2.15. The van der Waals surface area contributed by atoms with Gasteiger partial charge >= 0.3 is 0 Å². The first-order valence-electron chi connectivity index (χ1n) is 5.55. The second kappa shape index (κ2) is 5.61. The molecule has 1 fully saturated rings. The summed E-state index contributed by atoms with van der Waals surface area (Å²) >= 11 is 3.52. The van der Waals surface area contributed by atoms with Crippen LogP contribution < -0.4 is 0 Å². The Bertz CT molecular complexity index is 289. The number of hydrogen-bond donors (Lipinski definition) is 0. The van der Waals surface area contributed by atoms with E-state index in [9.17, 15) is 0 Å². The van der Waals surface area contributed by atoms with Crippen LogP contribution in [0.2, 0.25) is 0 Å². The van der Waals surface area contributed by atoms with Gasteiger partial charge in [0.25, 0.3) is 0 Å². The molecule has 1 aliphatic heterocycles. The molecule has 0 bridgehead atoms. The summed E-state index contributed by atoms with van der Waals surface area (Å²) in [7, 11) is 0. The molecule has 1 unspecified atom stereocenters. The minimum Gasteiger partial charge on any atom is -0.299 e. The Labute approximate surface area is 99.8 Å². The summed E-state index contributed by atoms with van der Waals surface area (Å²) in [6, 6.07) is 4.17. The molecule has 0 aromatic carbocycles. The van der Waals surface area contributed by atoms with Crippen molar-refractivity contribution in [2.45, 2.75) is 19.4 Å². The van der Waals surface area contributed by atoms with Crippen LogP contribution in [0.5, 0.6) is 0 Å². The minimum absolute atomic E-state index is 0.890. The Morgan fingerprint density at radius 1 is 1.53 bits per heavy atom. The Balaban J connectivity index is 1.82. The zero-order valence-electron chi connectivity index (χ0n) is 8.90. The molecular weight excluding hydrogens is 252 g/mol. The molecular formula is C12H17BrN2. The monoisotopic (exact) mass is 268 g/mol. The number of nitrogens with zero attached hydrogens (tertiary/aromatic N) is 2. The van der Waals surface area contributed by atoms with E-state index >= 15 is 0 Å². The maximum atomic E-state index is 4.15. The number of rotatable bonds is 4. The van der Waals surface area contributed by atoms with Gasteiger partial charge in [0.05, 0.1) is 0 Å². The van der Waals surface area contributed by atoms with E-state index in [1.54, 1.807) is 0 Å². The predicted molar refractivity (Wildman–Crippen MR) is 66.0 cm³/mol. The summed E-state index contributed by atoms with van der Waals surface area (Å²) in [5.74, 6) is 0.890. The van der Waals surface area contributed by atoms with Crippen LogP contribution in [-0.4, -0.2) is 28.3 Å². The van der Waals surface area contributed by atoms with Gasteiger partial charge in [-0.05, 0) is 36.9 Å². The van der Waals surface area contributed by atoms with Gasteiger partial charge in [-0.15, -0.1) is 0 Å². The second-order valence-electron chi connectivity index (χ2n) is 4.23. The van der Waals surface area contributed by atoms with Gasteiger partial charge in [0.15, 0.2) is 0 Å². The first-order chi connectivity index (χ1) is 7.38. The van der Waals surface area contributed by atoms with E-state index in [0.717, 1.165) is 17.8 Å². The fourth-order valence-corrected chi connectivity index (χ4v) is 2.84. The molecule has 2 rings (SSSR count). The first kappa shape index (κ1) is 11.1. The number of aromatic nitrogens is 1. The average molecular weight is 269 g/mol. The Kier molecular flexibility index (Phi) is 4.15. The zero-order valence-corrected chi connectivity index (χ0v) is 10.5. The van der Waals surface area contributed by atoms with E-state index in [1.807, 2.05) is 18.5 Å². The van der Waals surface area contributed by atoms with Crippen molar-refractivity contribution < 1.29 is 0 Å². The first-order valence-corrected chi connectivity index (χ1v) is 6.68. The fraction of sp³-hybridized carbons (Fsp3) is 0.583.